The van der Waals surface area contributed by atoms with Crippen LogP contribution in [-0.4, -0.2) is 18.0 Å². The van der Waals surface area contributed by atoms with Crippen molar-refractivity contribution in [1.29, 1.82) is 0 Å². The molecule has 0 aliphatic heterocycles. The van der Waals surface area contributed by atoms with Gasteiger partial charge in [-0.3, -0.25) is 4.79 Å². The Morgan fingerprint density at radius 3 is 2.63 bits per heavy atom. The zero-order valence-corrected chi connectivity index (χ0v) is 11.7. The van der Waals surface area contributed by atoms with E-state index < -0.39 is 5.91 Å². The molecule has 1 aromatic heterocycles. The average Bonchev–Trinajstić information content (AvgIpc) is 2.41. The number of pyridine rings is 1. The molecule has 2 aromatic rings. The van der Waals surface area contributed by atoms with E-state index in [9.17, 15) is 4.79 Å². The molecule has 0 atom stereocenters. The second-order valence-corrected chi connectivity index (χ2v) is 4.56. The van der Waals surface area contributed by atoms with Gasteiger partial charge >= 0.3 is 0 Å². The van der Waals surface area contributed by atoms with Crippen molar-refractivity contribution in [2.75, 3.05) is 7.11 Å². The number of carbonyl (C=O) groups is 1. The molecule has 0 saturated heterocycles. The van der Waals surface area contributed by atoms with E-state index in [1.54, 1.807) is 24.4 Å². The summed E-state index contributed by atoms with van der Waals surface area (Å²) in [6, 6.07) is 8.23. The van der Waals surface area contributed by atoms with Crippen LogP contribution in [0.5, 0.6) is 17.4 Å². The van der Waals surface area contributed by atoms with E-state index in [1.165, 1.54) is 13.2 Å². The van der Waals surface area contributed by atoms with Gasteiger partial charge in [-0.1, -0.05) is 0 Å². The van der Waals surface area contributed by atoms with Gasteiger partial charge in [-0.25, -0.2) is 4.98 Å². The highest BCUT2D eigenvalue weighted by atomic mass is 79.9. The number of hydrogen-bond acceptors (Lipinski definition) is 4. The molecule has 1 aromatic carbocycles. The smallest absolute Gasteiger partial charge is 0.248 e. The monoisotopic (exact) mass is 322 g/mol. The number of nitrogens with zero attached hydrogens (tertiary/aromatic N) is 1. The van der Waals surface area contributed by atoms with Crippen LogP contribution in [-0.2, 0) is 0 Å². The zero-order chi connectivity index (χ0) is 13.8. The lowest BCUT2D eigenvalue weighted by Gasteiger charge is -2.10. The highest BCUT2D eigenvalue weighted by molar-refractivity contribution is 9.10. The van der Waals surface area contributed by atoms with Crippen LogP contribution in [0.1, 0.15) is 10.4 Å². The first-order valence-electron chi connectivity index (χ1n) is 5.37. The highest BCUT2D eigenvalue weighted by Crippen LogP contribution is 2.31. The standard InChI is InChI=1S/C13H11BrN2O3/c1-18-11-6-8(13(15)17)2-4-10(11)19-12-5-3-9(14)7-16-12/h2-7H,1H3,(H2,15,17). The van der Waals surface area contributed by atoms with E-state index >= 15 is 0 Å². The number of benzene rings is 1. The molecular formula is C13H11BrN2O3. The number of primary amides is 1. The minimum atomic E-state index is -0.522. The summed E-state index contributed by atoms with van der Waals surface area (Å²) in [5.41, 5.74) is 5.56. The summed E-state index contributed by atoms with van der Waals surface area (Å²) in [5.74, 6) is 0.781. The Bertz CT molecular complexity index is 599. The SMILES string of the molecule is COc1cc(C(N)=O)ccc1Oc1ccc(Br)cn1. The van der Waals surface area contributed by atoms with Gasteiger partial charge in [0.15, 0.2) is 11.5 Å². The number of aromatic nitrogens is 1. The second kappa shape index (κ2) is 5.71. The fourth-order valence-electron chi connectivity index (χ4n) is 1.44. The van der Waals surface area contributed by atoms with Gasteiger partial charge in [0.2, 0.25) is 11.8 Å². The van der Waals surface area contributed by atoms with Crippen molar-refractivity contribution in [3.8, 4) is 17.4 Å². The lowest BCUT2D eigenvalue weighted by Crippen LogP contribution is -2.10. The summed E-state index contributed by atoms with van der Waals surface area (Å²) in [7, 11) is 1.49. The van der Waals surface area contributed by atoms with E-state index in [1.807, 2.05) is 6.07 Å². The summed E-state index contributed by atoms with van der Waals surface area (Å²) in [6.07, 6.45) is 1.62. The Kier molecular flexibility index (Phi) is 4.01. The number of rotatable bonds is 4. The largest absolute Gasteiger partial charge is 0.493 e. The predicted octanol–water partition coefficient (Wildman–Crippen LogP) is 2.74. The topological polar surface area (TPSA) is 74.4 Å². The molecule has 6 heteroatoms. The normalized spacial score (nSPS) is 10.0. The van der Waals surface area contributed by atoms with E-state index in [0.717, 1.165) is 4.47 Å². The maximum atomic E-state index is 11.1. The molecular weight excluding hydrogens is 312 g/mol. The molecule has 2 N–H and O–H groups in total. The van der Waals surface area contributed by atoms with Gasteiger partial charge in [0, 0.05) is 22.3 Å². The Labute approximate surface area is 118 Å². The van der Waals surface area contributed by atoms with Gasteiger partial charge in [0.25, 0.3) is 0 Å². The molecule has 98 valence electrons. The summed E-state index contributed by atoms with van der Waals surface area (Å²) in [4.78, 5) is 15.2. The van der Waals surface area contributed by atoms with E-state index in [-0.39, 0.29) is 0 Å². The van der Waals surface area contributed by atoms with Crippen LogP contribution in [0.4, 0.5) is 0 Å². The van der Waals surface area contributed by atoms with Crippen molar-refractivity contribution >= 4 is 21.8 Å². The van der Waals surface area contributed by atoms with Gasteiger partial charge in [0.1, 0.15) is 0 Å². The lowest BCUT2D eigenvalue weighted by molar-refractivity contribution is 0.1000. The molecule has 2 rings (SSSR count). The van der Waals surface area contributed by atoms with Crippen molar-refractivity contribution in [3.05, 3.63) is 46.6 Å². The Morgan fingerprint density at radius 1 is 1.26 bits per heavy atom. The third-order valence-corrected chi connectivity index (χ3v) is 2.83. The van der Waals surface area contributed by atoms with Crippen LogP contribution < -0.4 is 15.2 Å². The number of halogens is 1. The van der Waals surface area contributed by atoms with Crippen LogP contribution >= 0.6 is 15.9 Å². The molecule has 0 spiro atoms. The minimum absolute atomic E-state index is 0.355. The first kappa shape index (κ1) is 13.4. The van der Waals surface area contributed by atoms with E-state index in [0.29, 0.717) is 22.9 Å². The minimum Gasteiger partial charge on any atom is -0.493 e. The third-order valence-electron chi connectivity index (χ3n) is 2.36. The molecule has 5 nitrogen and oxygen atoms in total. The summed E-state index contributed by atoms with van der Waals surface area (Å²) in [5, 5.41) is 0. The molecule has 0 saturated carbocycles. The average molecular weight is 323 g/mol. The molecule has 0 bridgehead atoms. The quantitative estimate of drug-likeness (QED) is 0.939. The molecule has 0 aliphatic carbocycles. The first-order chi connectivity index (χ1) is 9.10. The van der Waals surface area contributed by atoms with Crippen molar-refractivity contribution in [2.24, 2.45) is 5.73 Å². The van der Waals surface area contributed by atoms with Crippen LogP contribution in [0.15, 0.2) is 41.0 Å². The molecule has 0 fully saturated rings. The third kappa shape index (κ3) is 3.23. The molecule has 1 heterocycles. The van der Waals surface area contributed by atoms with Gasteiger partial charge in [-0.2, -0.15) is 0 Å². The van der Waals surface area contributed by atoms with E-state index in [2.05, 4.69) is 20.9 Å². The Morgan fingerprint density at radius 2 is 2.05 bits per heavy atom. The number of ether oxygens (including phenoxy) is 2. The maximum Gasteiger partial charge on any atom is 0.248 e. The molecule has 1 amide bonds. The Hall–Kier alpha value is -2.08. The lowest BCUT2D eigenvalue weighted by atomic mass is 10.2. The summed E-state index contributed by atoms with van der Waals surface area (Å²) in [6.45, 7) is 0. The van der Waals surface area contributed by atoms with Crippen LogP contribution in [0.25, 0.3) is 0 Å². The number of carbonyl (C=O) groups excluding carboxylic acids is 1. The zero-order valence-electron chi connectivity index (χ0n) is 10.1. The second-order valence-electron chi connectivity index (χ2n) is 3.65. The van der Waals surface area contributed by atoms with Crippen molar-refractivity contribution < 1.29 is 14.3 Å². The number of hydrogen-bond donors (Lipinski definition) is 1. The van der Waals surface area contributed by atoms with Crippen LogP contribution in [0.3, 0.4) is 0 Å². The van der Waals surface area contributed by atoms with Crippen LogP contribution in [0, 0.1) is 0 Å². The Balaban J connectivity index is 2.29. The van der Waals surface area contributed by atoms with Gasteiger partial charge < -0.3 is 15.2 Å². The van der Waals surface area contributed by atoms with Gasteiger partial charge in [0.05, 0.1) is 7.11 Å². The first-order valence-corrected chi connectivity index (χ1v) is 6.16. The highest BCUT2D eigenvalue weighted by Gasteiger charge is 2.10. The van der Waals surface area contributed by atoms with E-state index in [4.69, 9.17) is 15.2 Å². The van der Waals surface area contributed by atoms with Crippen molar-refractivity contribution in [3.63, 3.8) is 0 Å². The number of methoxy groups -OCH3 is 1. The summed E-state index contributed by atoms with van der Waals surface area (Å²) >= 11 is 3.29. The van der Waals surface area contributed by atoms with Crippen LogP contribution in [0.2, 0.25) is 0 Å². The fourth-order valence-corrected chi connectivity index (χ4v) is 1.67. The van der Waals surface area contributed by atoms with Gasteiger partial charge in [-0.05, 0) is 40.2 Å². The maximum absolute atomic E-state index is 11.1. The van der Waals surface area contributed by atoms with Crippen molar-refractivity contribution in [1.82, 2.24) is 4.98 Å². The molecule has 0 radical (unpaired) electrons. The molecule has 19 heavy (non-hydrogen) atoms. The fraction of sp³-hybridized carbons (Fsp3) is 0.0769. The predicted molar refractivity (Wildman–Crippen MR) is 73.5 cm³/mol. The van der Waals surface area contributed by atoms with Crippen molar-refractivity contribution in [2.45, 2.75) is 0 Å². The molecule has 0 aliphatic rings. The summed E-state index contributed by atoms with van der Waals surface area (Å²) < 4.78 is 11.6. The number of nitrogens with two attached hydrogens (primary N) is 1. The molecule has 0 unspecified atom stereocenters. The van der Waals surface area contributed by atoms with Gasteiger partial charge in [-0.15, -0.1) is 0 Å². The number of amides is 1.